The lowest BCUT2D eigenvalue weighted by atomic mass is 10.1. The average molecular weight is 305 g/mol. The van der Waals surface area contributed by atoms with Crippen molar-refractivity contribution in [3.63, 3.8) is 0 Å². The van der Waals surface area contributed by atoms with Crippen LogP contribution in [0.5, 0.6) is 0 Å². The van der Waals surface area contributed by atoms with Gasteiger partial charge in [-0.15, -0.1) is 0 Å². The van der Waals surface area contributed by atoms with E-state index in [9.17, 15) is 4.79 Å². The highest BCUT2D eigenvalue weighted by Gasteiger charge is 2.15. The fourth-order valence-electron chi connectivity index (χ4n) is 1.43. The van der Waals surface area contributed by atoms with Crippen LogP contribution in [-0.2, 0) is 4.74 Å². The van der Waals surface area contributed by atoms with Gasteiger partial charge >= 0.3 is 6.09 Å². The first-order valence-corrected chi connectivity index (χ1v) is 6.84. The second-order valence-electron chi connectivity index (χ2n) is 5.32. The standard InChI is InChI=1S/C16H17ClN2O2/c1-16(2,3)21-15(20)19-7-5-4-6-12-8-13(11-18)10-14(17)9-12/h8-10H,5,7H2,1-3H3,(H,19,20). The highest BCUT2D eigenvalue weighted by molar-refractivity contribution is 6.30. The molecule has 0 unspecified atom stereocenters. The summed E-state index contributed by atoms with van der Waals surface area (Å²) >= 11 is 5.88. The Morgan fingerprint density at radius 1 is 1.33 bits per heavy atom. The topological polar surface area (TPSA) is 62.1 Å². The van der Waals surface area contributed by atoms with E-state index in [4.69, 9.17) is 21.6 Å². The Morgan fingerprint density at radius 2 is 2.00 bits per heavy atom. The Bertz CT molecular complexity index is 616. The minimum atomic E-state index is -0.510. The third-order valence-electron chi connectivity index (χ3n) is 2.18. The number of alkyl carbamates (subject to hydrolysis) is 1. The summed E-state index contributed by atoms with van der Waals surface area (Å²) in [5, 5.41) is 11.9. The van der Waals surface area contributed by atoms with E-state index in [1.165, 1.54) is 0 Å². The zero-order valence-electron chi connectivity index (χ0n) is 12.3. The van der Waals surface area contributed by atoms with Gasteiger partial charge in [0.2, 0.25) is 0 Å². The Balaban J connectivity index is 2.46. The molecule has 0 aliphatic carbocycles. The second-order valence-corrected chi connectivity index (χ2v) is 5.76. The first-order valence-electron chi connectivity index (χ1n) is 6.46. The van der Waals surface area contributed by atoms with E-state index in [1.54, 1.807) is 39.0 Å². The van der Waals surface area contributed by atoms with E-state index in [1.807, 2.05) is 6.07 Å². The van der Waals surface area contributed by atoms with Crippen LogP contribution in [0, 0.1) is 23.2 Å². The zero-order valence-corrected chi connectivity index (χ0v) is 13.0. The molecule has 5 heteroatoms. The van der Waals surface area contributed by atoms with Crippen LogP contribution in [0.2, 0.25) is 5.02 Å². The van der Waals surface area contributed by atoms with Crippen LogP contribution in [0.15, 0.2) is 18.2 Å². The Morgan fingerprint density at radius 3 is 2.62 bits per heavy atom. The fraction of sp³-hybridized carbons (Fsp3) is 0.375. The molecule has 0 saturated heterocycles. The summed E-state index contributed by atoms with van der Waals surface area (Å²) in [7, 11) is 0. The molecule has 1 aromatic rings. The van der Waals surface area contributed by atoms with Gasteiger partial charge in [0.1, 0.15) is 5.60 Å². The van der Waals surface area contributed by atoms with Crippen molar-refractivity contribution in [1.29, 1.82) is 5.26 Å². The van der Waals surface area contributed by atoms with E-state index in [2.05, 4.69) is 17.2 Å². The number of hydrogen-bond donors (Lipinski definition) is 1. The van der Waals surface area contributed by atoms with Crippen molar-refractivity contribution < 1.29 is 9.53 Å². The van der Waals surface area contributed by atoms with Gasteiger partial charge < -0.3 is 10.1 Å². The average Bonchev–Trinajstić information content (AvgIpc) is 2.35. The van der Waals surface area contributed by atoms with Gasteiger partial charge in [0.05, 0.1) is 11.6 Å². The number of carbonyl (C=O) groups is 1. The van der Waals surface area contributed by atoms with Crippen molar-refractivity contribution in [1.82, 2.24) is 5.32 Å². The quantitative estimate of drug-likeness (QED) is 0.672. The summed E-state index contributed by atoms with van der Waals surface area (Å²) in [4.78, 5) is 11.4. The number of carbonyl (C=O) groups excluding carboxylic acids is 1. The van der Waals surface area contributed by atoms with Crippen LogP contribution in [0.3, 0.4) is 0 Å². The van der Waals surface area contributed by atoms with Crippen molar-refractivity contribution in [2.75, 3.05) is 6.54 Å². The van der Waals surface area contributed by atoms with Gasteiger partial charge in [-0.05, 0) is 39.0 Å². The smallest absolute Gasteiger partial charge is 0.407 e. The lowest BCUT2D eigenvalue weighted by Crippen LogP contribution is -2.32. The number of nitrogens with one attached hydrogen (secondary N) is 1. The van der Waals surface area contributed by atoms with E-state index in [0.29, 0.717) is 29.1 Å². The molecule has 1 N–H and O–H groups in total. The maximum atomic E-state index is 11.4. The Labute approximate surface area is 130 Å². The van der Waals surface area contributed by atoms with Gasteiger partial charge in [0.15, 0.2) is 0 Å². The minimum Gasteiger partial charge on any atom is -0.444 e. The first kappa shape index (κ1) is 16.9. The predicted octanol–water partition coefficient (Wildman–Crippen LogP) is 3.48. The molecule has 0 aromatic heterocycles. The van der Waals surface area contributed by atoms with Crippen molar-refractivity contribution in [3.05, 3.63) is 34.3 Å². The maximum Gasteiger partial charge on any atom is 0.407 e. The van der Waals surface area contributed by atoms with Crippen molar-refractivity contribution in [2.24, 2.45) is 0 Å². The van der Waals surface area contributed by atoms with Crippen molar-refractivity contribution >= 4 is 17.7 Å². The van der Waals surface area contributed by atoms with Gasteiger partial charge in [0, 0.05) is 23.6 Å². The van der Waals surface area contributed by atoms with Crippen LogP contribution in [0.25, 0.3) is 0 Å². The number of nitrogens with zero attached hydrogens (tertiary/aromatic N) is 1. The Hall–Kier alpha value is -2.17. The molecule has 1 amide bonds. The molecule has 4 nitrogen and oxygen atoms in total. The van der Waals surface area contributed by atoms with Gasteiger partial charge in [-0.2, -0.15) is 5.26 Å². The molecular weight excluding hydrogens is 288 g/mol. The molecule has 0 heterocycles. The van der Waals surface area contributed by atoms with Crippen LogP contribution in [-0.4, -0.2) is 18.2 Å². The molecule has 0 aliphatic heterocycles. The number of rotatable bonds is 2. The molecule has 0 bridgehead atoms. The molecular formula is C16H17ClN2O2. The van der Waals surface area contributed by atoms with Crippen LogP contribution in [0.1, 0.15) is 38.3 Å². The van der Waals surface area contributed by atoms with Gasteiger partial charge in [0.25, 0.3) is 0 Å². The number of halogens is 1. The number of ether oxygens (including phenoxy) is 1. The zero-order chi connectivity index (χ0) is 15.9. The third kappa shape index (κ3) is 7.25. The molecule has 0 atom stereocenters. The highest BCUT2D eigenvalue weighted by atomic mass is 35.5. The molecule has 1 aromatic carbocycles. The van der Waals surface area contributed by atoms with E-state index in [-0.39, 0.29) is 0 Å². The van der Waals surface area contributed by atoms with Crippen molar-refractivity contribution in [3.8, 4) is 17.9 Å². The van der Waals surface area contributed by atoms with Crippen molar-refractivity contribution in [2.45, 2.75) is 32.8 Å². The normalized spacial score (nSPS) is 10.0. The molecule has 0 saturated carbocycles. The minimum absolute atomic E-state index is 0.396. The lowest BCUT2D eigenvalue weighted by molar-refractivity contribution is 0.0529. The van der Waals surface area contributed by atoms with Crippen LogP contribution in [0.4, 0.5) is 4.79 Å². The van der Waals surface area contributed by atoms with Crippen LogP contribution < -0.4 is 5.32 Å². The van der Waals surface area contributed by atoms with E-state index in [0.717, 1.165) is 0 Å². The third-order valence-corrected chi connectivity index (χ3v) is 2.40. The predicted molar refractivity (Wildman–Crippen MR) is 81.9 cm³/mol. The first-order chi connectivity index (χ1) is 9.80. The maximum absolute atomic E-state index is 11.4. The molecule has 21 heavy (non-hydrogen) atoms. The SMILES string of the molecule is CC(C)(C)OC(=O)NCCC#Cc1cc(Cl)cc(C#N)c1. The molecule has 0 aliphatic rings. The number of nitriles is 1. The fourth-order valence-corrected chi connectivity index (χ4v) is 1.67. The molecule has 0 spiro atoms. The molecule has 1 rings (SSSR count). The second kappa shape index (κ2) is 7.57. The molecule has 110 valence electrons. The summed E-state index contributed by atoms with van der Waals surface area (Å²) in [6.45, 7) is 5.81. The largest absolute Gasteiger partial charge is 0.444 e. The number of amides is 1. The summed E-state index contributed by atoms with van der Waals surface area (Å²) in [5.74, 6) is 5.81. The van der Waals surface area contributed by atoms with Crippen LogP contribution >= 0.6 is 11.6 Å². The number of benzene rings is 1. The van der Waals surface area contributed by atoms with E-state index < -0.39 is 11.7 Å². The Kier molecular flexibility index (Phi) is 6.09. The monoisotopic (exact) mass is 304 g/mol. The summed E-state index contributed by atoms with van der Waals surface area (Å²) in [6.07, 6.45) is 0.0204. The lowest BCUT2D eigenvalue weighted by Gasteiger charge is -2.19. The van der Waals surface area contributed by atoms with Gasteiger partial charge in [-0.1, -0.05) is 23.4 Å². The summed E-state index contributed by atoms with van der Waals surface area (Å²) in [5.41, 5.74) is 0.638. The summed E-state index contributed by atoms with van der Waals surface area (Å²) < 4.78 is 5.10. The highest BCUT2D eigenvalue weighted by Crippen LogP contribution is 2.13. The number of hydrogen-bond acceptors (Lipinski definition) is 3. The van der Waals surface area contributed by atoms with Gasteiger partial charge in [-0.3, -0.25) is 0 Å². The summed E-state index contributed by atoms with van der Waals surface area (Å²) in [6, 6.07) is 6.96. The van der Waals surface area contributed by atoms with Gasteiger partial charge in [-0.25, -0.2) is 4.79 Å². The molecule has 0 fully saturated rings. The van der Waals surface area contributed by atoms with E-state index >= 15 is 0 Å². The molecule has 0 radical (unpaired) electrons.